The maximum absolute atomic E-state index is 12.3. The Morgan fingerprint density at radius 1 is 1.06 bits per heavy atom. The molecule has 164 valence electrons. The van der Waals surface area contributed by atoms with Crippen molar-refractivity contribution >= 4 is 23.6 Å². The summed E-state index contributed by atoms with van der Waals surface area (Å²) >= 11 is 1.43. The highest BCUT2D eigenvalue weighted by Gasteiger charge is 2.21. The molecule has 3 heterocycles. The summed E-state index contributed by atoms with van der Waals surface area (Å²) in [5.74, 6) is 2.05. The standard InChI is InChI=1S/C23H29N5O2S/c29-21(24-13-7-11-19-9-3-1-4-10-19)18-31-23-26-25-22(27-14-5-2-6-15-27)28(23)17-20-12-8-16-30-20/h1,3-4,8-10,12,16H,2,5-7,11,13-15,17-18H2,(H,24,29). The molecule has 4 rings (SSSR count). The summed E-state index contributed by atoms with van der Waals surface area (Å²) in [5, 5.41) is 12.6. The van der Waals surface area contributed by atoms with Crippen LogP contribution in [0.5, 0.6) is 0 Å². The van der Waals surface area contributed by atoms with E-state index in [1.807, 2.05) is 30.3 Å². The van der Waals surface area contributed by atoms with Gasteiger partial charge in [0.05, 0.1) is 18.6 Å². The van der Waals surface area contributed by atoms with E-state index in [2.05, 4.69) is 37.1 Å². The lowest BCUT2D eigenvalue weighted by molar-refractivity contribution is -0.118. The van der Waals surface area contributed by atoms with Crippen LogP contribution in [0.3, 0.4) is 0 Å². The molecule has 1 amide bonds. The fourth-order valence-electron chi connectivity index (χ4n) is 3.76. The van der Waals surface area contributed by atoms with Crippen LogP contribution in [0.1, 0.15) is 37.0 Å². The van der Waals surface area contributed by atoms with Crippen LogP contribution in [0.2, 0.25) is 0 Å². The Labute approximate surface area is 187 Å². The third-order valence-electron chi connectivity index (χ3n) is 5.37. The molecule has 1 saturated heterocycles. The first-order chi connectivity index (χ1) is 15.3. The zero-order chi connectivity index (χ0) is 21.3. The normalized spacial score (nSPS) is 14.0. The van der Waals surface area contributed by atoms with E-state index in [9.17, 15) is 4.79 Å². The number of carbonyl (C=O) groups excluding carboxylic acids is 1. The maximum atomic E-state index is 12.3. The summed E-state index contributed by atoms with van der Waals surface area (Å²) in [6.07, 6.45) is 7.16. The second-order valence-electron chi connectivity index (χ2n) is 7.72. The Morgan fingerprint density at radius 3 is 2.68 bits per heavy atom. The van der Waals surface area contributed by atoms with Gasteiger partial charge in [-0.3, -0.25) is 9.36 Å². The average molecular weight is 440 g/mol. The van der Waals surface area contributed by atoms with E-state index in [4.69, 9.17) is 4.42 Å². The van der Waals surface area contributed by atoms with Crippen LogP contribution in [0.25, 0.3) is 0 Å². The summed E-state index contributed by atoms with van der Waals surface area (Å²) < 4.78 is 7.62. The van der Waals surface area contributed by atoms with Gasteiger partial charge < -0.3 is 14.6 Å². The number of piperidine rings is 1. The molecule has 31 heavy (non-hydrogen) atoms. The number of aryl methyl sites for hydroxylation is 1. The number of rotatable bonds is 10. The highest BCUT2D eigenvalue weighted by Crippen LogP contribution is 2.25. The van der Waals surface area contributed by atoms with Gasteiger partial charge in [-0.05, 0) is 49.8 Å². The Morgan fingerprint density at radius 2 is 1.90 bits per heavy atom. The second kappa shape index (κ2) is 11.0. The van der Waals surface area contributed by atoms with E-state index in [0.29, 0.717) is 18.8 Å². The first-order valence-electron chi connectivity index (χ1n) is 10.9. The van der Waals surface area contributed by atoms with Gasteiger partial charge in [-0.1, -0.05) is 42.1 Å². The molecular weight excluding hydrogens is 410 g/mol. The SMILES string of the molecule is O=C(CSc1nnc(N2CCCCC2)n1Cc1ccco1)NCCCc1ccccc1. The number of furan rings is 1. The lowest BCUT2D eigenvalue weighted by atomic mass is 10.1. The molecule has 3 aromatic rings. The minimum Gasteiger partial charge on any atom is -0.467 e. The van der Waals surface area contributed by atoms with Gasteiger partial charge in [0.2, 0.25) is 11.9 Å². The molecule has 1 aliphatic heterocycles. The lowest BCUT2D eigenvalue weighted by Gasteiger charge is -2.27. The van der Waals surface area contributed by atoms with Crippen molar-refractivity contribution in [2.75, 3.05) is 30.3 Å². The van der Waals surface area contributed by atoms with E-state index in [1.54, 1.807) is 6.26 Å². The van der Waals surface area contributed by atoms with Crippen LogP contribution in [-0.4, -0.2) is 46.1 Å². The van der Waals surface area contributed by atoms with E-state index in [1.165, 1.54) is 36.6 Å². The fourth-order valence-corrected chi connectivity index (χ4v) is 4.52. The third-order valence-corrected chi connectivity index (χ3v) is 6.34. The van der Waals surface area contributed by atoms with E-state index in [-0.39, 0.29) is 5.91 Å². The number of hydrogen-bond acceptors (Lipinski definition) is 6. The first-order valence-corrected chi connectivity index (χ1v) is 11.9. The topological polar surface area (TPSA) is 76.2 Å². The second-order valence-corrected chi connectivity index (χ2v) is 8.67. The highest BCUT2D eigenvalue weighted by molar-refractivity contribution is 7.99. The quantitative estimate of drug-likeness (QED) is 0.383. The fraction of sp³-hybridized carbons (Fsp3) is 0.435. The Bertz CT molecular complexity index is 936. The maximum Gasteiger partial charge on any atom is 0.230 e. The van der Waals surface area contributed by atoms with Crippen LogP contribution < -0.4 is 10.2 Å². The van der Waals surface area contributed by atoms with Crippen molar-refractivity contribution in [2.45, 2.75) is 43.8 Å². The van der Waals surface area contributed by atoms with E-state index < -0.39 is 0 Å². The highest BCUT2D eigenvalue weighted by atomic mass is 32.2. The zero-order valence-corrected chi connectivity index (χ0v) is 18.5. The van der Waals surface area contributed by atoms with Gasteiger partial charge in [0.15, 0.2) is 5.16 Å². The van der Waals surface area contributed by atoms with Crippen molar-refractivity contribution in [3.63, 3.8) is 0 Å². The van der Waals surface area contributed by atoms with E-state index in [0.717, 1.165) is 42.8 Å². The van der Waals surface area contributed by atoms with Crippen molar-refractivity contribution in [3.8, 4) is 0 Å². The number of amides is 1. The molecule has 0 unspecified atom stereocenters. The van der Waals surface area contributed by atoms with Gasteiger partial charge in [0.1, 0.15) is 5.76 Å². The summed E-state index contributed by atoms with van der Waals surface area (Å²) in [4.78, 5) is 14.6. The summed E-state index contributed by atoms with van der Waals surface area (Å²) in [5.41, 5.74) is 1.29. The molecule has 2 aromatic heterocycles. The number of nitrogens with zero attached hydrogens (tertiary/aromatic N) is 4. The van der Waals surface area contributed by atoms with Crippen molar-refractivity contribution in [1.82, 2.24) is 20.1 Å². The zero-order valence-electron chi connectivity index (χ0n) is 17.7. The number of aromatic nitrogens is 3. The average Bonchev–Trinajstić information content (AvgIpc) is 3.47. The smallest absolute Gasteiger partial charge is 0.230 e. The number of carbonyl (C=O) groups is 1. The van der Waals surface area contributed by atoms with Gasteiger partial charge in [0, 0.05) is 19.6 Å². The van der Waals surface area contributed by atoms with Crippen LogP contribution >= 0.6 is 11.8 Å². The molecule has 0 bridgehead atoms. The Hall–Kier alpha value is -2.74. The van der Waals surface area contributed by atoms with Gasteiger partial charge in [-0.15, -0.1) is 10.2 Å². The molecule has 1 aromatic carbocycles. The van der Waals surface area contributed by atoms with Gasteiger partial charge in [-0.25, -0.2) is 0 Å². The number of anilines is 1. The molecule has 1 aliphatic rings. The summed E-state index contributed by atoms with van der Waals surface area (Å²) in [6, 6.07) is 14.2. The number of benzene rings is 1. The molecule has 1 fully saturated rings. The minimum absolute atomic E-state index is 0.0186. The molecule has 0 spiro atoms. The molecule has 7 nitrogen and oxygen atoms in total. The molecule has 8 heteroatoms. The van der Waals surface area contributed by atoms with Gasteiger partial charge in [0.25, 0.3) is 0 Å². The van der Waals surface area contributed by atoms with Crippen molar-refractivity contribution in [2.24, 2.45) is 0 Å². The van der Waals surface area contributed by atoms with Crippen LogP contribution in [0.4, 0.5) is 5.95 Å². The lowest BCUT2D eigenvalue weighted by Crippen LogP contribution is -2.32. The molecule has 0 aliphatic carbocycles. The number of thioether (sulfide) groups is 1. The van der Waals surface area contributed by atoms with Gasteiger partial charge in [-0.2, -0.15) is 0 Å². The number of nitrogens with one attached hydrogen (secondary N) is 1. The summed E-state index contributed by atoms with van der Waals surface area (Å²) in [6.45, 7) is 3.21. The first kappa shape index (κ1) is 21.5. The molecule has 0 atom stereocenters. The van der Waals surface area contributed by atoms with Crippen molar-refractivity contribution in [3.05, 3.63) is 60.1 Å². The molecule has 0 radical (unpaired) electrons. The van der Waals surface area contributed by atoms with Crippen LogP contribution in [-0.2, 0) is 17.8 Å². The monoisotopic (exact) mass is 439 g/mol. The largest absolute Gasteiger partial charge is 0.467 e. The predicted octanol–water partition coefficient (Wildman–Crippen LogP) is 3.75. The molecule has 0 saturated carbocycles. The van der Waals surface area contributed by atoms with Crippen LogP contribution in [0, 0.1) is 0 Å². The van der Waals surface area contributed by atoms with Crippen molar-refractivity contribution < 1.29 is 9.21 Å². The van der Waals surface area contributed by atoms with Crippen molar-refractivity contribution in [1.29, 1.82) is 0 Å². The third kappa shape index (κ3) is 6.13. The Kier molecular flexibility index (Phi) is 7.65. The van der Waals surface area contributed by atoms with Gasteiger partial charge >= 0.3 is 0 Å². The Balaban J connectivity index is 1.31. The predicted molar refractivity (Wildman–Crippen MR) is 122 cm³/mol. The van der Waals surface area contributed by atoms with E-state index >= 15 is 0 Å². The van der Waals surface area contributed by atoms with Crippen LogP contribution in [0.15, 0.2) is 58.3 Å². The number of hydrogen-bond donors (Lipinski definition) is 1. The summed E-state index contributed by atoms with van der Waals surface area (Å²) in [7, 11) is 0. The molecular formula is C23H29N5O2S. The minimum atomic E-state index is 0.0186. The molecule has 1 N–H and O–H groups in total.